The fourth-order valence-corrected chi connectivity index (χ4v) is 4.14. The SMILES string of the molecule is CCCCCCCCCCCCCCCC(CCC)O[I+2]([O-])[O-]. The molecule has 0 saturated carbocycles. The molecule has 0 aromatic heterocycles. The van der Waals surface area contributed by atoms with Crippen molar-refractivity contribution in [1.82, 2.24) is 0 Å². The van der Waals surface area contributed by atoms with Gasteiger partial charge < -0.3 is 6.87 Å². The lowest BCUT2D eigenvalue weighted by atomic mass is 10.0. The smallest absolute Gasteiger partial charge is 0.396 e. The Bertz CT molecular complexity index is 225. The molecule has 1 unspecified atom stereocenters. The Balaban J connectivity index is 3.25. The van der Waals surface area contributed by atoms with Gasteiger partial charge in [-0.15, -0.1) is 0 Å². The maximum atomic E-state index is 10.7. The topological polar surface area (TPSA) is 55.3 Å². The number of halogens is 1. The van der Waals surface area contributed by atoms with Crippen LogP contribution in [0.15, 0.2) is 0 Å². The van der Waals surface area contributed by atoms with E-state index >= 15 is 0 Å². The summed E-state index contributed by atoms with van der Waals surface area (Å²) in [5.41, 5.74) is 0. The van der Waals surface area contributed by atoms with E-state index in [0.29, 0.717) is 0 Å². The number of hydrogen-bond acceptors (Lipinski definition) is 3. The Kier molecular flexibility index (Phi) is 19.4. The van der Waals surface area contributed by atoms with Crippen LogP contribution in [0.3, 0.4) is 0 Å². The van der Waals surface area contributed by atoms with E-state index in [-0.39, 0.29) is 6.10 Å². The quantitative estimate of drug-likeness (QED) is 0.240. The van der Waals surface area contributed by atoms with Gasteiger partial charge in [0.2, 0.25) is 0 Å². The molecule has 0 aromatic carbocycles. The zero-order valence-corrected chi connectivity index (χ0v) is 17.7. The van der Waals surface area contributed by atoms with Crippen LogP contribution in [-0.2, 0) is 3.07 Å². The molecule has 0 radical (unpaired) electrons. The first kappa shape index (κ1) is 23.6. The molecule has 140 valence electrons. The van der Waals surface area contributed by atoms with Crippen LogP contribution >= 0.6 is 0 Å². The van der Waals surface area contributed by atoms with Crippen LogP contribution in [0, 0.1) is 0 Å². The Hall–Kier alpha value is 0.610. The minimum Gasteiger partial charge on any atom is -0.396 e. The molecule has 0 bridgehead atoms. The van der Waals surface area contributed by atoms with E-state index in [1.165, 1.54) is 77.0 Å². The summed E-state index contributed by atoms with van der Waals surface area (Å²) < 4.78 is 26.5. The molecule has 0 aliphatic heterocycles. The summed E-state index contributed by atoms with van der Waals surface area (Å²) in [7, 11) is 0. The molecule has 0 aliphatic rings. The molecule has 1 atom stereocenters. The molecule has 0 heterocycles. The zero-order valence-electron chi connectivity index (χ0n) is 15.5. The minimum atomic E-state index is -3.51. The molecule has 0 saturated heterocycles. The second kappa shape index (κ2) is 18.9. The summed E-state index contributed by atoms with van der Waals surface area (Å²) in [6, 6.07) is 0. The normalized spacial score (nSPS) is 12.9. The fraction of sp³-hybridized carbons (Fsp3) is 1.00. The first-order chi connectivity index (χ1) is 11.2. The molecule has 3 nitrogen and oxygen atoms in total. The van der Waals surface area contributed by atoms with Crippen LogP contribution in [0.5, 0.6) is 0 Å². The monoisotopic (exact) mass is 442 g/mol. The molecular formula is C19H39IO3. The molecule has 0 aliphatic carbocycles. The third-order valence-electron chi connectivity index (χ3n) is 4.44. The van der Waals surface area contributed by atoms with Gasteiger partial charge in [-0.1, -0.05) is 104 Å². The second-order valence-electron chi connectivity index (χ2n) is 6.72. The highest BCUT2D eigenvalue weighted by atomic mass is 127. The summed E-state index contributed by atoms with van der Waals surface area (Å²) in [5.74, 6) is 0. The van der Waals surface area contributed by atoms with Crippen molar-refractivity contribution in [2.75, 3.05) is 0 Å². The predicted molar refractivity (Wildman–Crippen MR) is 90.1 cm³/mol. The molecule has 0 aromatic rings. The maximum Gasteiger partial charge on any atom is 0.506 e. The first-order valence-corrected chi connectivity index (χ1v) is 12.6. The van der Waals surface area contributed by atoms with E-state index in [9.17, 15) is 6.87 Å². The van der Waals surface area contributed by atoms with Crippen molar-refractivity contribution in [3.63, 3.8) is 0 Å². The summed E-state index contributed by atoms with van der Waals surface area (Å²) >= 11 is -3.51. The standard InChI is InChI=1S/C19H39IO3/c1-3-5-6-7-8-9-10-11-12-13-14-15-16-18-19(17-4-2)23-20(21)22/h19H,3-18H2,1-2H3. The van der Waals surface area contributed by atoms with Crippen molar-refractivity contribution in [2.24, 2.45) is 0 Å². The summed E-state index contributed by atoms with van der Waals surface area (Å²) in [4.78, 5) is 0. The molecule has 0 spiro atoms. The van der Waals surface area contributed by atoms with E-state index < -0.39 is 21.1 Å². The van der Waals surface area contributed by atoms with E-state index in [1.54, 1.807) is 0 Å². The van der Waals surface area contributed by atoms with E-state index in [4.69, 9.17) is 3.07 Å². The number of rotatable bonds is 18. The average Bonchev–Trinajstić information content (AvgIpc) is 2.51. The molecule has 0 amide bonds. The number of hydrogen-bond donors (Lipinski definition) is 0. The molecule has 0 N–H and O–H groups in total. The van der Waals surface area contributed by atoms with Gasteiger partial charge in [-0.05, 0) is 15.9 Å². The molecule has 23 heavy (non-hydrogen) atoms. The molecule has 0 fully saturated rings. The molecular weight excluding hydrogens is 403 g/mol. The highest BCUT2D eigenvalue weighted by molar-refractivity contribution is 4.56. The van der Waals surface area contributed by atoms with Crippen LogP contribution in [0.4, 0.5) is 0 Å². The zero-order chi connectivity index (χ0) is 17.2. The van der Waals surface area contributed by atoms with Crippen molar-refractivity contribution in [3.8, 4) is 0 Å². The minimum absolute atomic E-state index is 0.0482. The van der Waals surface area contributed by atoms with Gasteiger partial charge in [0.25, 0.3) is 0 Å². The lowest BCUT2D eigenvalue weighted by Gasteiger charge is -2.09. The highest BCUT2D eigenvalue weighted by Crippen LogP contribution is 2.14. The first-order valence-electron chi connectivity index (χ1n) is 9.93. The lowest BCUT2D eigenvalue weighted by molar-refractivity contribution is -1.63. The summed E-state index contributed by atoms with van der Waals surface area (Å²) in [5, 5.41) is 0. The van der Waals surface area contributed by atoms with Gasteiger partial charge >= 0.3 is 21.1 Å². The van der Waals surface area contributed by atoms with E-state index in [2.05, 4.69) is 13.8 Å². The van der Waals surface area contributed by atoms with Gasteiger partial charge in [-0.25, -0.2) is 0 Å². The van der Waals surface area contributed by atoms with Crippen LogP contribution in [0.2, 0.25) is 0 Å². The molecule has 0 rings (SSSR count). The third-order valence-corrected chi connectivity index (χ3v) is 5.57. The fourth-order valence-electron chi connectivity index (χ4n) is 3.05. The predicted octanol–water partition coefficient (Wildman–Crippen LogP) is 1.74. The van der Waals surface area contributed by atoms with Crippen molar-refractivity contribution < 1.29 is 31.0 Å². The maximum absolute atomic E-state index is 10.7. The highest BCUT2D eigenvalue weighted by Gasteiger charge is 2.22. The van der Waals surface area contributed by atoms with Crippen LogP contribution in [-0.4, -0.2) is 6.10 Å². The van der Waals surface area contributed by atoms with Gasteiger partial charge in [0.1, 0.15) is 0 Å². The Morgan fingerprint density at radius 1 is 0.609 bits per heavy atom. The summed E-state index contributed by atoms with van der Waals surface area (Å²) in [6.45, 7) is 4.34. The third kappa shape index (κ3) is 18.8. The van der Waals surface area contributed by atoms with Crippen LogP contribution < -0.4 is 27.9 Å². The van der Waals surface area contributed by atoms with E-state index in [1.807, 2.05) is 0 Å². The van der Waals surface area contributed by atoms with Gasteiger partial charge in [0, 0.05) is 0 Å². The van der Waals surface area contributed by atoms with Gasteiger partial charge in [0.15, 0.2) is 6.10 Å². The average molecular weight is 442 g/mol. The van der Waals surface area contributed by atoms with Crippen molar-refractivity contribution in [3.05, 3.63) is 0 Å². The van der Waals surface area contributed by atoms with E-state index in [0.717, 1.165) is 25.7 Å². The van der Waals surface area contributed by atoms with Gasteiger partial charge in [0.05, 0.1) is 0 Å². The van der Waals surface area contributed by atoms with Crippen molar-refractivity contribution >= 4 is 0 Å². The van der Waals surface area contributed by atoms with Gasteiger partial charge in [-0.3, -0.25) is 0 Å². The van der Waals surface area contributed by atoms with Crippen LogP contribution in [0.25, 0.3) is 0 Å². The Morgan fingerprint density at radius 3 is 1.43 bits per heavy atom. The van der Waals surface area contributed by atoms with Crippen molar-refractivity contribution in [2.45, 2.75) is 123 Å². The second-order valence-corrected chi connectivity index (χ2v) is 8.31. The Morgan fingerprint density at radius 2 is 1.04 bits per heavy atom. The molecule has 4 heteroatoms. The Labute approximate surface area is 153 Å². The summed E-state index contributed by atoms with van der Waals surface area (Å²) in [6.07, 6.45) is 20.2. The van der Waals surface area contributed by atoms with Crippen molar-refractivity contribution in [1.29, 1.82) is 0 Å². The number of unbranched alkanes of at least 4 members (excludes halogenated alkanes) is 12. The largest absolute Gasteiger partial charge is 0.506 e. The van der Waals surface area contributed by atoms with Gasteiger partial charge in [-0.2, -0.15) is 0 Å². The lowest BCUT2D eigenvalue weighted by Crippen LogP contribution is -3.99. The van der Waals surface area contributed by atoms with Crippen LogP contribution in [0.1, 0.15) is 117 Å².